The minimum Gasteiger partial charge on any atom is -0.350 e. The molecule has 1 unspecified atom stereocenters. The third kappa shape index (κ3) is 2.99. The van der Waals surface area contributed by atoms with Gasteiger partial charge in [-0.15, -0.1) is 0 Å². The van der Waals surface area contributed by atoms with Crippen molar-refractivity contribution in [3.63, 3.8) is 0 Å². The summed E-state index contributed by atoms with van der Waals surface area (Å²) in [5.74, 6) is 5.86. The summed E-state index contributed by atoms with van der Waals surface area (Å²) >= 11 is 7.46. The number of halogens is 1. The van der Waals surface area contributed by atoms with Crippen LogP contribution in [0.25, 0.3) is 21.8 Å². The molecule has 0 aliphatic heterocycles. The maximum Gasteiger partial charge on any atom is 0.287 e. The van der Waals surface area contributed by atoms with Gasteiger partial charge in [-0.1, -0.05) is 23.4 Å². The second-order valence-electron chi connectivity index (χ2n) is 5.97. The van der Waals surface area contributed by atoms with Gasteiger partial charge in [0.25, 0.3) is 11.1 Å². The van der Waals surface area contributed by atoms with E-state index < -0.39 is 22.6 Å². The molecule has 2 N–H and O–H groups in total. The Labute approximate surface area is 161 Å². The third-order valence-corrected chi connectivity index (χ3v) is 5.10. The number of aromatic amines is 2. The molecule has 1 aromatic carbocycles. The average Bonchev–Trinajstić information content (AvgIpc) is 3.16. The molecule has 3 heterocycles. The summed E-state index contributed by atoms with van der Waals surface area (Å²) in [7, 11) is 0. The van der Waals surface area contributed by atoms with Gasteiger partial charge in [0.05, 0.1) is 5.52 Å². The van der Waals surface area contributed by atoms with Crippen LogP contribution in [-0.4, -0.2) is 14.8 Å². The molecule has 27 heavy (non-hydrogen) atoms. The van der Waals surface area contributed by atoms with E-state index in [1.807, 2.05) is 16.8 Å². The van der Waals surface area contributed by atoms with Crippen LogP contribution in [0.15, 0.2) is 49.4 Å². The van der Waals surface area contributed by atoms with Crippen LogP contribution in [0.2, 0.25) is 5.02 Å². The first-order valence-electron chi connectivity index (χ1n) is 7.99. The number of hydrogen-bond donors (Lipinski definition) is 2. The molecule has 4 rings (SSSR count). The fraction of sp³-hybridized carbons (Fsp3) is 0.105. The monoisotopic (exact) mass is 397 g/mol. The first-order chi connectivity index (χ1) is 13.0. The first kappa shape index (κ1) is 17.3. The number of pyridine rings is 1. The molecule has 0 aliphatic carbocycles. The minimum atomic E-state index is -0.616. The van der Waals surface area contributed by atoms with Crippen molar-refractivity contribution in [3.8, 4) is 11.8 Å². The van der Waals surface area contributed by atoms with Crippen LogP contribution in [0.1, 0.15) is 18.5 Å². The fourth-order valence-electron chi connectivity index (χ4n) is 2.83. The molecule has 0 bridgehead atoms. The quantitative estimate of drug-likeness (QED) is 0.382. The van der Waals surface area contributed by atoms with Crippen molar-refractivity contribution in [3.05, 3.63) is 76.5 Å². The van der Waals surface area contributed by atoms with Crippen LogP contribution >= 0.6 is 22.9 Å². The van der Waals surface area contributed by atoms with Crippen LogP contribution in [-0.2, 0) is 0 Å². The fourth-order valence-corrected chi connectivity index (χ4v) is 3.59. The molecule has 0 saturated carbocycles. The number of hydrogen-bond acceptors (Lipinski definition) is 4. The van der Waals surface area contributed by atoms with Crippen LogP contribution in [0, 0.1) is 11.8 Å². The number of aromatic nitrogens is 3. The largest absolute Gasteiger partial charge is 0.350 e. The van der Waals surface area contributed by atoms with Gasteiger partial charge in [0.1, 0.15) is 16.9 Å². The highest BCUT2D eigenvalue weighted by atomic mass is 35.5. The Morgan fingerprint density at radius 1 is 1.22 bits per heavy atom. The Balaban J connectivity index is 1.98. The Morgan fingerprint density at radius 3 is 2.78 bits per heavy atom. The number of nitrogens with zero attached hydrogens (tertiary/aromatic N) is 1. The van der Waals surface area contributed by atoms with Gasteiger partial charge in [0.15, 0.2) is 0 Å². The van der Waals surface area contributed by atoms with Crippen LogP contribution < -0.4 is 16.5 Å². The van der Waals surface area contributed by atoms with Crippen LogP contribution in [0.4, 0.5) is 0 Å². The van der Waals surface area contributed by atoms with E-state index in [2.05, 4.69) is 21.9 Å². The second-order valence-corrected chi connectivity index (χ2v) is 7.18. The van der Waals surface area contributed by atoms with Crippen molar-refractivity contribution in [2.45, 2.75) is 13.0 Å². The smallest absolute Gasteiger partial charge is 0.287 e. The zero-order valence-corrected chi connectivity index (χ0v) is 15.6. The Hall–Kier alpha value is -3.08. The number of thiophene rings is 1. The lowest BCUT2D eigenvalue weighted by Crippen LogP contribution is -2.35. The van der Waals surface area contributed by atoms with Gasteiger partial charge in [0.2, 0.25) is 5.43 Å². The first-order valence-corrected chi connectivity index (χ1v) is 9.31. The van der Waals surface area contributed by atoms with E-state index in [4.69, 9.17) is 11.6 Å². The molecular formula is C19H12ClN3O3S. The second kappa shape index (κ2) is 6.58. The average molecular weight is 398 g/mol. The van der Waals surface area contributed by atoms with Gasteiger partial charge in [-0.05, 0) is 36.6 Å². The number of rotatable bonds is 1. The summed E-state index contributed by atoms with van der Waals surface area (Å²) in [6, 6.07) is 5.87. The van der Waals surface area contributed by atoms with Crippen molar-refractivity contribution >= 4 is 44.7 Å². The molecule has 0 fully saturated rings. The summed E-state index contributed by atoms with van der Waals surface area (Å²) in [5, 5.41) is 6.79. The maximum absolute atomic E-state index is 12.9. The van der Waals surface area contributed by atoms with Crippen LogP contribution in [0.3, 0.4) is 0 Å². The van der Waals surface area contributed by atoms with E-state index in [-0.39, 0.29) is 16.3 Å². The Morgan fingerprint density at radius 2 is 2.04 bits per heavy atom. The molecule has 1 atom stereocenters. The molecule has 4 aromatic rings. The van der Waals surface area contributed by atoms with E-state index in [0.717, 1.165) is 10.2 Å². The zero-order valence-electron chi connectivity index (χ0n) is 14.0. The lowest BCUT2D eigenvalue weighted by molar-refractivity contribution is 0.558. The summed E-state index contributed by atoms with van der Waals surface area (Å²) < 4.78 is 1.08. The molecule has 6 nitrogen and oxygen atoms in total. The van der Waals surface area contributed by atoms with Crippen molar-refractivity contribution in [1.82, 2.24) is 14.8 Å². The number of H-pyrrole nitrogens is 2. The van der Waals surface area contributed by atoms with Gasteiger partial charge < -0.3 is 4.98 Å². The predicted octanol–water partition coefficient (Wildman–Crippen LogP) is 2.86. The normalized spacial score (nSPS) is 12.1. The molecule has 0 spiro atoms. The molecule has 0 amide bonds. The molecule has 134 valence electrons. The number of nitrogens with one attached hydrogen (secondary N) is 2. The molecular weight excluding hydrogens is 386 g/mol. The molecule has 0 radical (unpaired) electrons. The van der Waals surface area contributed by atoms with E-state index in [1.165, 1.54) is 23.5 Å². The van der Waals surface area contributed by atoms with Crippen molar-refractivity contribution in [1.29, 1.82) is 0 Å². The molecule has 0 aliphatic rings. The van der Waals surface area contributed by atoms with Gasteiger partial charge in [-0.3, -0.25) is 19.5 Å². The maximum atomic E-state index is 12.9. The molecule has 3 aromatic heterocycles. The third-order valence-electron chi connectivity index (χ3n) is 4.18. The highest BCUT2D eigenvalue weighted by molar-refractivity contribution is 7.08. The Kier molecular flexibility index (Phi) is 4.22. The van der Waals surface area contributed by atoms with Crippen molar-refractivity contribution < 1.29 is 0 Å². The van der Waals surface area contributed by atoms with E-state index in [9.17, 15) is 14.4 Å². The summed E-state index contributed by atoms with van der Waals surface area (Å²) in [5.41, 5.74) is -0.549. The van der Waals surface area contributed by atoms with Gasteiger partial charge in [-0.25, -0.2) is 4.68 Å². The minimum absolute atomic E-state index is 0.0750. The zero-order chi connectivity index (χ0) is 19.1. The van der Waals surface area contributed by atoms with E-state index >= 15 is 0 Å². The van der Waals surface area contributed by atoms with Gasteiger partial charge in [-0.2, -0.15) is 11.3 Å². The van der Waals surface area contributed by atoms with Crippen molar-refractivity contribution in [2.24, 2.45) is 0 Å². The van der Waals surface area contributed by atoms with Crippen LogP contribution in [0.5, 0.6) is 0 Å². The summed E-state index contributed by atoms with van der Waals surface area (Å²) in [6.07, 6.45) is 0. The van der Waals surface area contributed by atoms with Crippen molar-refractivity contribution in [2.75, 3.05) is 0 Å². The number of benzene rings is 1. The molecule has 8 heteroatoms. The van der Waals surface area contributed by atoms with Gasteiger partial charge in [0, 0.05) is 21.4 Å². The highest BCUT2D eigenvalue weighted by Crippen LogP contribution is 2.16. The lowest BCUT2D eigenvalue weighted by Gasteiger charge is -2.10. The summed E-state index contributed by atoms with van der Waals surface area (Å²) in [4.78, 5) is 41.1. The number of fused-ring (bicyclic) bond motifs is 2. The summed E-state index contributed by atoms with van der Waals surface area (Å²) in [6.45, 7) is 1.68. The standard InChI is InChI=1S/C19H12ClN3O3S/c1-10(2-3-11-6-7-27-9-11)23-19(26)15-16(18(25)22-23)21-14-8-12(20)4-5-13(14)17(15)24/h4-10H,1H3,(H,21,24)(H,22,25). The van der Waals surface area contributed by atoms with Gasteiger partial charge >= 0.3 is 0 Å². The van der Waals surface area contributed by atoms with E-state index in [0.29, 0.717) is 10.5 Å². The predicted molar refractivity (Wildman–Crippen MR) is 108 cm³/mol. The van der Waals surface area contributed by atoms with E-state index in [1.54, 1.807) is 13.0 Å². The SMILES string of the molecule is CC(C#Cc1ccsc1)n1[nH]c(=O)c2[nH]c3cc(Cl)ccc3c(=O)c2c1=O. The lowest BCUT2D eigenvalue weighted by atomic mass is 10.1. The topological polar surface area (TPSA) is 87.7 Å². The highest BCUT2D eigenvalue weighted by Gasteiger charge is 2.16. The molecule has 0 saturated heterocycles. The Bertz CT molecular complexity index is 1420.